The van der Waals surface area contributed by atoms with E-state index in [4.69, 9.17) is 9.47 Å². The van der Waals surface area contributed by atoms with Crippen LogP contribution in [0.4, 0.5) is 24.1 Å². The van der Waals surface area contributed by atoms with Gasteiger partial charge < -0.3 is 19.3 Å². The third-order valence-corrected chi connectivity index (χ3v) is 7.31. The molecule has 0 saturated carbocycles. The summed E-state index contributed by atoms with van der Waals surface area (Å²) >= 11 is 0. The van der Waals surface area contributed by atoms with Gasteiger partial charge in [0.1, 0.15) is 23.7 Å². The van der Waals surface area contributed by atoms with E-state index in [0.717, 1.165) is 18.4 Å². The molecule has 2 heterocycles. The molecular weight excluding hydrogens is 504 g/mol. The van der Waals surface area contributed by atoms with Gasteiger partial charge in [-0.2, -0.15) is 0 Å². The Morgan fingerprint density at radius 1 is 1.03 bits per heavy atom. The van der Waals surface area contributed by atoms with E-state index < -0.39 is 23.5 Å². The van der Waals surface area contributed by atoms with Crippen LogP contribution in [0.1, 0.15) is 63.5 Å². The summed E-state index contributed by atoms with van der Waals surface area (Å²) in [5.74, 6) is -0.337. The van der Waals surface area contributed by atoms with Crippen molar-refractivity contribution in [2.24, 2.45) is 0 Å². The van der Waals surface area contributed by atoms with Gasteiger partial charge in [0.2, 0.25) is 0 Å². The summed E-state index contributed by atoms with van der Waals surface area (Å²) in [6, 6.07) is 14.0. The summed E-state index contributed by atoms with van der Waals surface area (Å²) in [5.41, 5.74) is -0.108. The minimum Gasteiger partial charge on any atom is -0.444 e. The van der Waals surface area contributed by atoms with Crippen LogP contribution in [-0.4, -0.2) is 66.0 Å². The summed E-state index contributed by atoms with van der Waals surface area (Å²) in [7, 11) is 0. The summed E-state index contributed by atoms with van der Waals surface area (Å²) < 4.78 is 41.2. The number of benzene rings is 2. The lowest BCUT2D eigenvalue weighted by molar-refractivity contribution is -0.00818. The fourth-order valence-corrected chi connectivity index (χ4v) is 5.19. The summed E-state index contributed by atoms with van der Waals surface area (Å²) in [5, 5.41) is 2.58. The third kappa shape index (κ3) is 8.39. The van der Waals surface area contributed by atoms with E-state index in [1.54, 1.807) is 17.0 Å². The number of likely N-dealkylation sites (tertiary alicyclic amines) is 2. The molecule has 0 aliphatic carbocycles. The molecule has 2 saturated heterocycles. The van der Waals surface area contributed by atoms with Crippen molar-refractivity contribution >= 4 is 17.9 Å². The van der Waals surface area contributed by atoms with Crippen LogP contribution >= 0.6 is 0 Å². The third-order valence-electron chi connectivity index (χ3n) is 7.31. The summed E-state index contributed by atoms with van der Waals surface area (Å²) in [4.78, 5) is 28.1. The van der Waals surface area contributed by atoms with Gasteiger partial charge in [0.25, 0.3) is 0 Å². The van der Waals surface area contributed by atoms with Crippen molar-refractivity contribution in [3.63, 3.8) is 0 Å². The molecule has 0 bridgehead atoms. The number of ether oxygens (including phenoxy) is 2. The highest BCUT2D eigenvalue weighted by atomic mass is 19.1. The fraction of sp³-hybridized carbons (Fsp3) is 0.533. The number of nitrogens with one attached hydrogen (secondary N) is 1. The van der Waals surface area contributed by atoms with Crippen LogP contribution < -0.4 is 5.32 Å². The molecule has 7 nitrogen and oxygen atoms in total. The van der Waals surface area contributed by atoms with Gasteiger partial charge in [0.05, 0.1) is 0 Å². The van der Waals surface area contributed by atoms with Crippen molar-refractivity contribution in [1.82, 2.24) is 9.80 Å². The molecule has 212 valence electrons. The van der Waals surface area contributed by atoms with Crippen LogP contribution in [0, 0.1) is 5.82 Å². The number of hydrogen-bond donors (Lipinski definition) is 1. The number of hydrogen-bond acceptors (Lipinski definition) is 5. The maximum absolute atomic E-state index is 15.6. The van der Waals surface area contributed by atoms with E-state index in [0.29, 0.717) is 44.0 Å². The Morgan fingerprint density at radius 2 is 1.69 bits per heavy atom. The molecule has 2 fully saturated rings. The van der Waals surface area contributed by atoms with Crippen molar-refractivity contribution < 1.29 is 27.8 Å². The SMILES string of the molecule is CC(C)(C)OC(=O)N1CCC(F)(CN2CCC(c3ccc(NC(=O)OCc4ccccc4)cc3F)CC2)CC1. The number of rotatable bonds is 6. The first kappa shape index (κ1) is 28.8. The highest BCUT2D eigenvalue weighted by Gasteiger charge is 2.39. The van der Waals surface area contributed by atoms with Crippen molar-refractivity contribution in [2.75, 3.05) is 38.0 Å². The molecule has 2 amide bonds. The van der Waals surface area contributed by atoms with Crippen LogP contribution in [0.3, 0.4) is 0 Å². The van der Waals surface area contributed by atoms with Gasteiger partial charge in [-0.25, -0.2) is 18.4 Å². The monoisotopic (exact) mass is 543 g/mol. The minimum absolute atomic E-state index is 0.0323. The van der Waals surface area contributed by atoms with Gasteiger partial charge in [-0.15, -0.1) is 0 Å². The molecule has 0 aromatic heterocycles. The highest BCUT2D eigenvalue weighted by molar-refractivity contribution is 5.84. The number of carbonyl (C=O) groups is 2. The zero-order valence-electron chi connectivity index (χ0n) is 23.1. The standard InChI is InChI=1S/C30H39F2N3O4/c1-29(2,3)39-28(37)35-17-13-30(32,14-18-35)21-34-15-11-23(12-16-34)25-10-9-24(19-26(25)31)33-27(36)38-20-22-7-5-4-6-8-22/h4-10,19,23H,11-18,20-21H2,1-3H3,(H,33,36). The number of amides is 2. The number of carbonyl (C=O) groups excluding carboxylic acids is 2. The van der Waals surface area contributed by atoms with E-state index in [9.17, 15) is 14.0 Å². The average molecular weight is 544 g/mol. The lowest BCUT2D eigenvalue weighted by Gasteiger charge is -2.41. The first-order chi connectivity index (χ1) is 18.5. The first-order valence-electron chi connectivity index (χ1n) is 13.7. The first-order valence-corrected chi connectivity index (χ1v) is 13.7. The quantitative estimate of drug-likeness (QED) is 0.451. The topological polar surface area (TPSA) is 71.1 Å². The van der Waals surface area contributed by atoms with Crippen LogP contribution in [-0.2, 0) is 16.1 Å². The van der Waals surface area contributed by atoms with Gasteiger partial charge in [-0.05, 0) is 75.9 Å². The molecule has 39 heavy (non-hydrogen) atoms. The van der Waals surface area contributed by atoms with Gasteiger partial charge in [-0.1, -0.05) is 36.4 Å². The van der Waals surface area contributed by atoms with Crippen molar-refractivity contribution in [2.45, 2.75) is 70.2 Å². The number of halogens is 2. The molecule has 9 heteroatoms. The molecular formula is C30H39F2N3O4. The van der Waals surface area contributed by atoms with Gasteiger partial charge in [0, 0.05) is 38.2 Å². The van der Waals surface area contributed by atoms with Crippen molar-refractivity contribution in [3.8, 4) is 0 Å². The predicted octanol–water partition coefficient (Wildman–Crippen LogP) is 6.49. The lowest BCUT2D eigenvalue weighted by Crippen LogP contribution is -2.51. The second-order valence-electron chi connectivity index (χ2n) is 11.6. The molecule has 1 N–H and O–H groups in total. The van der Waals surface area contributed by atoms with Gasteiger partial charge in [-0.3, -0.25) is 5.32 Å². The Labute approximate surface area is 229 Å². The van der Waals surface area contributed by atoms with Gasteiger partial charge >= 0.3 is 12.2 Å². The van der Waals surface area contributed by atoms with Crippen molar-refractivity contribution in [1.29, 1.82) is 0 Å². The van der Waals surface area contributed by atoms with E-state index in [1.807, 2.05) is 51.1 Å². The average Bonchev–Trinajstić information content (AvgIpc) is 2.88. The zero-order valence-corrected chi connectivity index (χ0v) is 23.1. The molecule has 0 unspecified atom stereocenters. The normalized spacial score (nSPS) is 18.4. The van der Waals surface area contributed by atoms with Crippen LogP contribution in [0.5, 0.6) is 0 Å². The number of nitrogens with zero attached hydrogens (tertiary/aromatic N) is 2. The van der Waals surface area contributed by atoms with Gasteiger partial charge in [0.15, 0.2) is 0 Å². The smallest absolute Gasteiger partial charge is 0.411 e. The number of anilines is 1. The Balaban J connectivity index is 1.22. The molecule has 2 aromatic carbocycles. The van der Waals surface area contributed by atoms with E-state index in [2.05, 4.69) is 10.2 Å². The van der Waals surface area contributed by atoms with Crippen LogP contribution in [0.2, 0.25) is 0 Å². The van der Waals surface area contributed by atoms with Crippen molar-refractivity contribution in [3.05, 3.63) is 65.5 Å². The molecule has 2 aliphatic heterocycles. The molecule has 2 aliphatic rings. The Hall–Kier alpha value is -3.20. The maximum Gasteiger partial charge on any atom is 0.411 e. The number of piperidine rings is 2. The van der Waals surface area contributed by atoms with E-state index in [1.165, 1.54) is 6.07 Å². The fourth-order valence-electron chi connectivity index (χ4n) is 5.19. The van der Waals surface area contributed by atoms with Crippen LogP contribution in [0.25, 0.3) is 0 Å². The molecule has 4 rings (SSSR count). The predicted molar refractivity (Wildman–Crippen MR) is 146 cm³/mol. The largest absolute Gasteiger partial charge is 0.444 e. The summed E-state index contributed by atoms with van der Waals surface area (Å²) in [6.45, 7) is 7.94. The molecule has 0 atom stereocenters. The summed E-state index contributed by atoms with van der Waals surface area (Å²) in [6.07, 6.45) is 0.979. The van der Waals surface area contributed by atoms with E-state index >= 15 is 4.39 Å². The second kappa shape index (κ2) is 12.3. The molecule has 0 spiro atoms. The Kier molecular flexibility index (Phi) is 9.10. The Bertz CT molecular complexity index is 1120. The van der Waals surface area contributed by atoms with Crippen LogP contribution in [0.15, 0.2) is 48.5 Å². The molecule has 0 radical (unpaired) electrons. The second-order valence-corrected chi connectivity index (χ2v) is 11.6. The van der Waals surface area contributed by atoms with E-state index in [-0.39, 0.29) is 31.2 Å². The number of alkyl halides is 1. The lowest BCUT2D eigenvalue weighted by atomic mass is 9.87. The minimum atomic E-state index is -1.35. The Morgan fingerprint density at radius 3 is 2.31 bits per heavy atom. The molecule has 2 aromatic rings. The highest BCUT2D eigenvalue weighted by Crippen LogP contribution is 2.34. The maximum atomic E-state index is 15.6. The zero-order chi connectivity index (χ0) is 28.0.